The fraction of sp³-hybridized carbons (Fsp3) is 0.381. The van der Waals surface area contributed by atoms with Crippen LogP contribution >= 0.6 is 0 Å². The highest BCUT2D eigenvalue weighted by molar-refractivity contribution is 5.81. The number of benzene rings is 2. The molecule has 0 spiro atoms. The van der Waals surface area contributed by atoms with Gasteiger partial charge in [0.2, 0.25) is 0 Å². The Bertz CT molecular complexity index is 900. The molecule has 0 saturated heterocycles. The molecule has 5 nitrogen and oxygen atoms in total. The molecule has 5 heteroatoms. The van der Waals surface area contributed by atoms with Crippen LogP contribution in [0, 0.1) is 0 Å². The van der Waals surface area contributed by atoms with E-state index in [4.69, 9.17) is 20.2 Å². The molecule has 0 saturated carbocycles. The van der Waals surface area contributed by atoms with Crippen molar-refractivity contribution in [1.82, 2.24) is 9.55 Å². The van der Waals surface area contributed by atoms with Gasteiger partial charge < -0.3 is 19.8 Å². The molecule has 0 amide bonds. The Hall–Kier alpha value is -2.69. The number of anilines is 1. The van der Waals surface area contributed by atoms with Crippen LogP contribution in [0.25, 0.3) is 11.0 Å². The molecule has 1 aliphatic heterocycles. The number of rotatable bonds is 6. The molecule has 2 N–H and O–H groups in total. The summed E-state index contributed by atoms with van der Waals surface area (Å²) in [5.74, 6) is 2.68. The lowest BCUT2D eigenvalue weighted by Crippen LogP contribution is -2.15. The molecule has 26 heavy (non-hydrogen) atoms. The second kappa shape index (κ2) is 7.28. The van der Waals surface area contributed by atoms with Crippen molar-refractivity contribution in [2.75, 3.05) is 18.9 Å². The molecule has 0 bridgehead atoms. The van der Waals surface area contributed by atoms with Crippen LogP contribution in [0.3, 0.4) is 0 Å². The van der Waals surface area contributed by atoms with E-state index in [0.717, 1.165) is 53.4 Å². The first-order chi connectivity index (χ1) is 12.7. The topological polar surface area (TPSA) is 62.3 Å². The number of aryl methyl sites for hydroxylation is 1. The zero-order valence-corrected chi connectivity index (χ0v) is 15.2. The van der Waals surface area contributed by atoms with Crippen molar-refractivity contribution in [3.8, 4) is 11.5 Å². The normalized spacial score (nSPS) is 13.3. The summed E-state index contributed by atoms with van der Waals surface area (Å²) in [6.07, 6.45) is 4.34. The van der Waals surface area contributed by atoms with E-state index in [2.05, 4.69) is 29.7 Å². The third kappa shape index (κ3) is 3.34. The largest absolute Gasteiger partial charge is 0.486 e. The van der Waals surface area contributed by atoms with E-state index in [1.807, 2.05) is 18.2 Å². The zero-order valence-electron chi connectivity index (χ0n) is 15.2. The molecule has 4 rings (SSSR count). The number of ether oxygens (including phenoxy) is 2. The summed E-state index contributed by atoms with van der Waals surface area (Å²) >= 11 is 0. The lowest BCUT2D eigenvalue weighted by atomic mass is 10.1. The smallest absolute Gasteiger partial charge is 0.163 e. The number of nitrogen functional groups attached to an aromatic ring is 1. The van der Waals surface area contributed by atoms with Gasteiger partial charge in [0.1, 0.15) is 19.0 Å². The van der Waals surface area contributed by atoms with Crippen molar-refractivity contribution in [3.05, 3.63) is 47.8 Å². The molecule has 0 unspecified atom stereocenters. The fourth-order valence-electron chi connectivity index (χ4n) is 3.43. The van der Waals surface area contributed by atoms with Gasteiger partial charge >= 0.3 is 0 Å². The van der Waals surface area contributed by atoms with E-state index in [-0.39, 0.29) is 0 Å². The Kier molecular flexibility index (Phi) is 4.69. The number of nitrogens with zero attached hydrogens (tertiary/aromatic N) is 2. The Balaban J connectivity index is 1.73. The second-order valence-electron chi connectivity index (χ2n) is 6.79. The molecular formula is C21H25N3O2. The zero-order chi connectivity index (χ0) is 17.9. The monoisotopic (exact) mass is 351 g/mol. The van der Waals surface area contributed by atoms with Crippen LogP contribution in [0.2, 0.25) is 0 Å². The van der Waals surface area contributed by atoms with Gasteiger partial charge in [0, 0.05) is 30.8 Å². The van der Waals surface area contributed by atoms with Gasteiger partial charge in [-0.3, -0.25) is 0 Å². The summed E-state index contributed by atoms with van der Waals surface area (Å²) in [6.45, 7) is 4.38. The van der Waals surface area contributed by atoms with Gasteiger partial charge in [-0.1, -0.05) is 31.9 Å². The molecule has 2 heterocycles. The van der Waals surface area contributed by atoms with Gasteiger partial charge in [-0.25, -0.2) is 4.98 Å². The maximum atomic E-state index is 5.81. The minimum atomic E-state index is 0.591. The lowest BCUT2D eigenvalue weighted by molar-refractivity contribution is 0.172. The molecule has 0 radical (unpaired) electrons. The van der Waals surface area contributed by atoms with Crippen LogP contribution in [-0.4, -0.2) is 22.8 Å². The minimum Gasteiger partial charge on any atom is -0.486 e. The third-order valence-corrected chi connectivity index (χ3v) is 4.82. The molecular weight excluding hydrogens is 326 g/mol. The number of nitrogens with two attached hydrogens (primary N) is 1. The lowest BCUT2D eigenvalue weighted by Gasteiger charge is -2.18. The third-order valence-electron chi connectivity index (χ3n) is 4.82. The first-order valence-corrected chi connectivity index (χ1v) is 9.38. The average molecular weight is 351 g/mol. The molecule has 0 aliphatic carbocycles. The average Bonchev–Trinajstić information content (AvgIpc) is 2.98. The van der Waals surface area contributed by atoms with Gasteiger partial charge in [-0.15, -0.1) is 0 Å². The van der Waals surface area contributed by atoms with E-state index in [1.165, 1.54) is 18.4 Å². The van der Waals surface area contributed by atoms with E-state index >= 15 is 0 Å². The van der Waals surface area contributed by atoms with E-state index in [1.54, 1.807) is 0 Å². The molecule has 1 aromatic heterocycles. The molecule has 2 aromatic carbocycles. The number of hydrogen-bond donors (Lipinski definition) is 1. The van der Waals surface area contributed by atoms with Crippen molar-refractivity contribution in [3.63, 3.8) is 0 Å². The van der Waals surface area contributed by atoms with Crippen molar-refractivity contribution < 1.29 is 9.47 Å². The van der Waals surface area contributed by atoms with Crippen LogP contribution in [0.15, 0.2) is 36.4 Å². The predicted octanol–water partition coefficient (Wildman–Crippen LogP) is 4.17. The number of hydrogen-bond acceptors (Lipinski definition) is 4. The fourth-order valence-corrected chi connectivity index (χ4v) is 3.43. The highest BCUT2D eigenvalue weighted by atomic mass is 16.6. The predicted molar refractivity (Wildman–Crippen MR) is 104 cm³/mol. The maximum absolute atomic E-state index is 5.81. The van der Waals surface area contributed by atoms with Gasteiger partial charge in [0.25, 0.3) is 0 Å². The van der Waals surface area contributed by atoms with Crippen LogP contribution < -0.4 is 15.2 Å². The summed E-state index contributed by atoms with van der Waals surface area (Å²) in [6, 6.07) is 12.1. The molecule has 136 valence electrons. The number of fused-ring (bicyclic) bond motifs is 2. The Morgan fingerprint density at radius 3 is 2.50 bits per heavy atom. The van der Waals surface area contributed by atoms with Crippen LogP contribution in [-0.2, 0) is 13.0 Å². The number of imidazole rings is 1. The van der Waals surface area contributed by atoms with Crippen LogP contribution in [0.4, 0.5) is 5.69 Å². The second-order valence-corrected chi connectivity index (χ2v) is 6.79. The summed E-state index contributed by atoms with van der Waals surface area (Å²) in [4.78, 5) is 4.91. The van der Waals surface area contributed by atoms with Crippen LogP contribution in [0.5, 0.6) is 11.5 Å². The molecule has 0 fully saturated rings. The van der Waals surface area contributed by atoms with Crippen molar-refractivity contribution in [1.29, 1.82) is 0 Å². The van der Waals surface area contributed by atoms with Gasteiger partial charge in [-0.2, -0.15) is 0 Å². The standard InChI is InChI=1S/C21H25N3O2/c1-2-3-4-9-24-18-14-20-19(25-10-11-26-20)13-17(18)23-21(24)12-15-5-7-16(22)8-6-15/h5-8,13-14H,2-4,9-12,22H2,1H3. The van der Waals surface area contributed by atoms with E-state index in [9.17, 15) is 0 Å². The first-order valence-electron chi connectivity index (χ1n) is 9.38. The highest BCUT2D eigenvalue weighted by Crippen LogP contribution is 2.35. The van der Waals surface area contributed by atoms with Gasteiger partial charge in [0.05, 0.1) is 11.0 Å². The SMILES string of the molecule is CCCCCn1c(Cc2ccc(N)cc2)nc2cc3c(cc21)OCCO3. The maximum Gasteiger partial charge on any atom is 0.163 e. The first kappa shape index (κ1) is 16.8. The van der Waals surface area contributed by atoms with E-state index < -0.39 is 0 Å². The molecule has 3 aromatic rings. The highest BCUT2D eigenvalue weighted by Gasteiger charge is 2.18. The summed E-state index contributed by atoms with van der Waals surface area (Å²) < 4.78 is 13.8. The number of aromatic nitrogens is 2. The minimum absolute atomic E-state index is 0.591. The Morgan fingerprint density at radius 2 is 1.77 bits per heavy atom. The van der Waals surface area contributed by atoms with Gasteiger partial charge in [-0.05, 0) is 24.1 Å². The van der Waals surface area contributed by atoms with Gasteiger partial charge in [0.15, 0.2) is 11.5 Å². The van der Waals surface area contributed by atoms with Crippen molar-refractivity contribution in [2.24, 2.45) is 0 Å². The van der Waals surface area contributed by atoms with Crippen molar-refractivity contribution >= 4 is 16.7 Å². The van der Waals surface area contributed by atoms with Crippen molar-refractivity contribution in [2.45, 2.75) is 39.2 Å². The van der Waals surface area contributed by atoms with Crippen LogP contribution in [0.1, 0.15) is 37.6 Å². The Morgan fingerprint density at radius 1 is 1.04 bits per heavy atom. The molecule has 1 aliphatic rings. The number of unbranched alkanes of at least 4 members (excludes halogenated alkanes) is 2. The molecule has 0 atom stereocenters. The summed E-state index contributed by atoms with van der Waals surface area (Å²) in [5.41, 5.74) is 9.90. The van der Waals surface area contributed by atoms with E-state index in [0.29, 0.717) is 13.2 Å². The summed E-state index contributed by atoms with van der Waals surface area (Å²) in [5, 5.41) is 0. The summed E-state index contributed by atoms with van der Waals surface area (Å²) in [7, 11) is 0. The Labute approximate surface area is 153 Å². The quantitative estimate of drug-likeness (QED) is 0.535.